The molecule has 3 rings (SSSR count). The molecule has 0 spiro atoms. The molecule has 2 heterocycles. The van der Waals surface area contributed by atoms with Gasteiger partial charge in [0.1, 0.15) is 12.4 Å². The van der Waals surface area contributed by atoms with E-state index in [1.54, 1.807) is 13.3 Å². The predicted molar refractivity (Wildman–Crippen MR) is 130 cm³/mol. The smallest absolute Gasteiger partial charge is 0.221 e. The lowest BCUT2D eigenvalue weighted by Gasteiger charge is -2.32. The largest absolute Gasteiger partial charge is 0.493 e. The maximum absolute atomic E-state index is 6.14. The van der Waals surface area contributed by atoms with E-state index in [1.165, 1.54) is 0 Å². The summed E-state index contributed by atoms with van der Waals surface area (Å²) in [6.07, 6.45) is 7.56. The first-order valence-electron chi connectivity index (χ1n) is 10.5. The summed E-state index contributed by atoms with van der Waals surface area (Å²) in [7, 11) is 1.55. The predicted octanol–water partition coefficient (Wildman–Crippen LogP) is 2.05. The standard InChI is InChI=1S/C22H34N6O2P/c1-16-11-17(12-18-14-25-22(24)26-21(18)23)13-19(29-2)20(16)30-10-9-27-5-7-28(8-6-27)15-31(3)4/h11,13-14H,3,5-10,12,15H2,1-2,4H3,(H4,23,24,25,26)/q+1. The van der Waals surface area contributed by atoms with Crippen LogP contribution in [0.4, 0.5) is 11.8 Å². The Morgan fingerprint density at radius 1 is 1.16 bits per heavy atom. The Balaban J connectivity index is 1.57. The summed E-state index contributed by atoms with van der Waals surface area (Å²) in [5.41, 5.74) is 14.5. The molecule has 168 valence electrons. The van der Waals surface area contributed by atoms with Crippen molar-refractivity contribution in [2.45, 2.75) is 13.3 Å². The molecule has 0 amide bonds. The number of nitrogen functional groups attached to an aromatic ring is 2. The number of hydrogen-bond donors (Lipinski definition) is 2. The number of rotatable bonds is 9. The maximum Gasteiger partial charge on any atom is 0.221 e. The van der Waals surface area contributed by atoms with Crippen molar-refractivity contribution >= 4 is 25.6 Å². The van der Waals surface area contributed by atoms with Gasteiger partial charge in [-0.1, -0.05) is 6.07 Å². The molecule has 0 radical (unpaired) electrons. The van der Waals surface area contributed by atoms with Crippen molar-refractivity contribution < 1.29 is 9.47 Å². The third-order valence-corrected chi connectivity index (χ3v) is 6.27. The first-order valence-corrected chi connectivity index (χ1v) is 12.6. The average molecular weight is 446 g/mol. The Labute approximate surface area is 185 Å². The molecule has 1 saturated heterocycles. The molecule has 1 aromatic carbocycles. The Hall–Kier alpha value is -2.41. The van der Waals surface area contributed by atoms with Gasteiger partial charge in [0.2, 0.25) is 5.95 Å². The van der Waals surface area contributed by atoms with Crippen LogP contribution >= 0.6 is 7.55 Å². The van der Waals surface area contributed by atoms with Crippen molar-refractivity contribution in [3.63, 3.8) is 0 Å². The van der Waals surface area contributed by atoms with Gasteiger partial charge >= 0.3 is 0 Å². The van der Waals surface area contributed by atoms with Crippen molar-refractivity contribution in [3.8, 4) is 11.5 Å². The number of aromatic nitrogens is 2. The molecule has 2 aromatic rings. The maximum atomic E-state index is 6.14. The van der Waals surface area contributed by atoms with Crippen LogP contribution in [0.3, 0.4) is 0 Å². The first kappa shape index (κ1) is 23.3. The summed E-state index contributed by atoms with van der Waals surface area (Å²) in [6, 6.07) is 4.08. The molecule has 1 aliphatic heterocycles. The second kappa shape index (κ2) is 10.8. The van der Waals surface area contributed by atoms with Crippen LogP contribution in [0.5, 0.6) is 11.5 Å². The summed E-state index contributed by atoms with van der Waals surface area (Å²) >= 11 is 0. The average Bonchev–Trinajstić information content (AvgIpc) is 2.72. The summed E-state index contributed by atoms with van der Waals surface area (Å²) in [4.78, 5) is 13.0. The monoisotopic (exact) mass is 445 g/mol. The van der Waals surface area contributed by atoms with Crippen molar-refractivity contribution in [1.29, 1.82) is 0 Å². The van der Waals surface area contributed by atoms with Crippen molar-refractivity contribution in [2.24, 2.45) is 0 Å². The first-order chi connectivity index (χ1) is 14.9. The molecule has 1 aromatic heterocycles. The van der Waals surface area contributed by atoms with Crippen LogP contribution < -0.4 is 20.9 Å². The Morgan fingerprint density at radius 2 is 1.87 bits per heavy atom. The number of ether oxygens (including phenoxy) is 2. The highest BCUT2D eigenvalue weighted by Gasteiger charge is 2.19. The summed E-state index contributed by atoms with van der Waals surface area (Å²) in [6.45, 7) is 10.2. The van der Waals surface area contributed by atoms with Crippen LogP contribution in [0.2, 0.25) is 0 Å². The minimum Gasteiger partial charge on any atom is -0.493 e. The Kier molecular flexibility index (Phi) is 8.07. The molecule has 0 aliphatic carbocycles. The van der Waals surface area contributed by atoms with E-state index in [1.807, 2.05) is 13.0 Å². The zero-order chi connectivity index (χ0) is 22.4. The highest BCUT2D eigenvalue weighted by Crippen LogP contribution is 2.33. The normalized spacial score (nSPS) is 15.6. The van der Waals surface area contributed by atoms with Gasteiger partial charge in [-0.2, -0.15) is 4.98 Å². The molecule has 9 heteroatoms. The van der Waals surface area contributed by atoms with Gasteiger partial charge in [-0.05, 0) is 24.1 Å². The fraction of sp³-hybridized carbons (Fsp3) is 0.500. The number of nitrogens with two attached hydrogens (primary N) is 2. The fourth-order valence-electron chi connectivity index (χ4n) is 3.82. The van der Waals surface area contributed by atoms with Crippen LogP contribution in [0.25, 0.3) is 0 Å². The third kappa shape index (κ3) is 6.53. The summed E-state index contributed by atoms with van der Waals surface area (Å²) in [5, 5.41) is 0. The highest BCUT2D eigenvalue weighted by molar-refractivity contribution is 7.54. The van der Waals surface area contributed by atoms with Crippen LogP contribution in [-0.2, 0) is 6.42 Å². The van der Waals surface area contributed by atoms with E-state index >= 15 is 0 Å². The molecule has 1 atom stereocenters. The van der Waals surface area contributed by atoms with Crippen LogP contribution in [0, 0.1) is 6.92 Å². The molecule has 1 fully saturated rings. The lowest BCUT2D eigenvalue weighted by Crippen LogP contribution is -2.47. The molecule has 8 nitrogen and oxygen atoms in total. The van der Waals surface area contributed by atoms with Gasteiger partial charge in [-0.25, -0.2) is 4.98 Å². The van der Waals surface area contributed by atoms with Crippen LogP contribution in [0.1, 0.15) is 16.7 Å². The molecule has 1 aliphatic rings. The number of hydrogen-bond acceptors (Lipinski definition) is 8. The van der Waals surface area contributed by atoms with E-state index in [0.29, 0.717) is 18.8 Å². The zero-order valence-electron chi connectivity index (χ0n) is 18.8. The number of nitrogens with zero attached hydrogens (tertiary/aromatic N) is 4. The molecule has 1 unspecified atom stereocenters. The van der Waals surface area contributed by atoms with E-state index in [9.17, 15) is 0 Å². The second-order valence-corrected chi connectivity index (χ2v) is 10.1. The SMILES string of the molecule is C=[P+](C)CN1CCN(CCOc2c(C)cc(Cc3cnc(N)nc3N)cc2OC)CC1. The van der Waals surface area contributed by atoms with E-state index in [0.717, 1.165) is 67.2 Å². The van der Waals surface area contributed by atoms with Crippen molar-refractivity contribution in [1.82, 2.24) is 19.8 Å². The number of anilines is 2. The number of benzene rings is 1. The molecular weight excluding hydrogens is 411 g/mol. The number of aryl methyl sites for hydroxylation is 1. The molecular formula is C22H34N6O2P+. The summed E-state index contributed by atoms with van der Waals surface area (Å²) in [5.74, 6) is 2.09. The van der Waals surface area contributed by atoms with E-state index in [-0.39, 0.29) is 13.5 Å². The topological polar surface area (TPSA) is 103 Å². The molecule has 31 heavy (non-hydrogen) atoms. The highest BCUT2D eigenvalue weighted by atomic mass is 31.1. The minimum atomic E-state index is -0.112. The fourth-order valence-corrected chi connectivity index (χ4v) is 4.78. The summed E-state index contributed by atoms with van der Waals surface area (Å²) < 4.78 is 11.8. The quantitative estimate of drug-likeness (QED) is 0.566. The Morgan fingerprint density at radius 3 is 2.52 bits per heavy atom. The number of methoxy groups -OCH3 is 1. The lowest BCUT2D eigenvalue weighted by atomic mass is 10.0. The van der Waals surface area contributed by atoms with E-state index in [4.69, 9.17) is 20.9 Å². The second-order valence-electron chi connectivity index (χ2n) is 8.07. The van der Waals surface area contributed by atoms with E-state index in [2.05, 4.69) is 38.8 Å². The lowest BCUT2D eigenvalue weighted by molar-refractivity contribution is 0.128. The zero-order valence-corrected chi connectivity index (χ0v) is 19.7. The van der Waals surface area contributed by atoms with Gasteiger partial charge < -0.3 is 20.9 Å². The molecule has 0 bridgehead atoms. The van der Waals surface area contributed by atoms with Crippen LogP contribution in [-0.4, -0.2) is 85.5 Å². The number of piperazine rings is 1. The van der Waals surface area contributed by atoms with Gasteiger partial charge in [0.05, 0.1) is 27.6 Å². The van der Waals surface area contributed by atoms with Crippen molar-refractivity contribution in [2.75, 3.05) is 70.9 Å². The van der Waals surface area contributed by atoms with Gasteiger partial charge in [0.25, 0.3) is 0 Å². The third-order valence-electron chi connectivity index (χ3n) is 5.39. The van der Waals surface area contributed by atoms with Crippen molar-refractivity contribution in [3.05, 3.63) is 35.0 Å². The molecule has 4 N–H and O–H groups in total. The minimum absolute atomic E-state index is 0.112. The van der Waals surface area contributed by atoms with Gasteiger partial charge in [0, 0.05) is 50.9 Å². The van der Waals surface area contributed by atoms with Gasteiger partial charge in [-0.15, -0.1) is 0 Å². The molecule has 0 saturated carbocycles. The van der Waals surface area contributed by atoms with Crippen LogP contribution in [0.15, 0.2) is 18.3 Å². The van der Waals surface area contributed by atoms with Gasteiger partial charge in [-0.3, -0.25) is 9.80 Å². The Bertz CT molecular complexity index is 915. The van der Waals surface area contributed by atoms with E-state index < -0.39 is 0 Å². The van der Waals surface area contributed by atoms with Gasteiger partial charge in [0.15, 0.2) is 17.8 Å².